The molecule has 2 aliphatic heterocycles. The summed E-state index contributed by atoms with van der Waals surface area (Å²) in [5, 5.41) is 1.33. The number of hydrogen-bond donors (Lipinski definition) is 0. The first kappa shape index (κ1) is 7.31. The van der Waals surface area contributed by atoms with Gasteiger partial charge in [0.25, 0.3) is 0 Å². The number of fused-ring (bicyclic) bond motifs is 1. The minimum Gasteiger partial charge on any atom is -0.207 e. The lowest BCUT2D eigenvalue weighted by Gasteiger charge is -2.24. The molecule has 1 saturated heterocycles. The molecule has 0 radical (unpaired) electrons. The first-order chi connectivity index (χ1) is 5.05. The fraction of sp³-hybridized carbons (Fsp3) is 0.714. The number of nitrogens with zero attached hydrogens (tertiary/aromatic N) is 1. The van der Waals surface area contributed by atoms with Crippen molar-refractivity contribution in [2.45, 2.75) is 25.3 Å². The van der Waals surface area contributed by atoms with Crippen LogP contribution in [0.15, 0.2) is 11.5 Å². The lowest BCUT2D eigenvalue weighted by atomic mass is 10.0. The van der Waals surface area contributed by atoms with Gasteiger partial charge in [0.1, 0.15) is 0 Å². The average molecular weight is 173 g/mol. The summed E-state index contributed by atoms with van der Waals surface area (Å²) in [6.45, 7) is 2.66. The quantitative estimate of drug-likeness (QED) is 0.540. The van der Waals surface area contributed by atoms with E-state index in [4.69, 9.17) is 0 Å². The van der Waals surface area contributed by atoms with Crippen LogP contribution in [0.3, 0.4) is 0 Å². The molecule has 4 heteroatoms. The zero-order valence-electron chi connectivity index (χ0n) is 6.45. The van der Waals surface area contributed by atoms with Gasteiger partial charge in [0, 0.05) is 12.0 Å². The van der Waals surface area contributed by atoms with Crippen LogP contribution < -0.4 is 0 Å². The molecular formula is C7H11NO2S. The standard InChI is InChI=1S/C7H11NO2S/c1-7-3-2-5-8(7)11(9,10)6-4-7/h4,6H,2-3,5H2,1H3. The topological polar surface area (TPSA) is 37.4 Å². The lowest BCUT2D eigenvalue weighted by Crippen LogP contribution is -2.37. The van der Waals surface area contributed by atoms with E-state index in [2.05, 4.69) is 0 Å². The van der Waals surface area contributed by atoms with Crippen LogP contribution in [0, 0.1) is 0 Å². The van der Waals surface area contributed by atoms with Crippen LogP contribution in [-0.2, 0) is 10.0 Å². The first-order valence-corrected chi connectivity index (χ1v) is 5.27. The summed E-state index contributed by atoms with van der Waals surface area (Å²) >= 11 is 0. The van der Waals surface area contributed by atoms with E-state index < -0.39 is 10.0 Å². The predicted octanol–water partition coefficient (Wildman–Crippen LogP) is 0.698. The molecule has 0 saturated carbocycles. The highest BCUT2D eigenvalue weighted by molar-refractivity contribution is 7.92. The van der Waals surface area contributed by atoms with Gasteiger partial charge in [0.15, 0.2) is 0 Å². The minimum absolute atomic E-state index is 0.196. The summed E-state index contributed by atoms with van der Waals surface area (Å²) in [7, 11) is -3.03. The molecule has 0 N–H and O–H groups in total. The average Bonchev–Trinajstić information content (AvgIpc) is 2.36. The van der Waals surface area contributed by atoms with Crippen LogP contribution in [0.4, 0.5) is 0 Å². The predicted molar refractivity (Wildman–Crippen MR) is 42.4 cm³/mol. The Morgan fingerprint density at radius 1 is 1.55 bits per heavy atom. The third-order valence-electron chi connectivity index (χ3n) is 2.52. The zero-order chi connectivity index (χ0) is 8.11. The summed E-state index contributed by atoms with van der Waals surface area (Å²) in [4.78, 5) is 0. The fourth-order valence-corrected chi connectivity index (χ4v) is 3.58. The van der Waals surface area contributed by atoms with Crippen LogP contribution in [-0.4, -0.2) is 24.8 Å². The molecule has 0 aromatic heterocycles. The largest absolute Gasteiger partial charge is 0.236 e. The van der Waals surface area contributed by atoms with Gasteiger partial charge < -0.3 is 0 Å². The zero-order valence-corrected chi connectivity index (χ0v) is 7.26. The molecule has 0 bridgehead atoms. The van der Waals surface area contributed by atoms with Gasteiger partial charge in [-0.2, -0.15) is 4.31 Å². The van der Waals surface area contributed by atoms with Crippen molar-refractivity contribution in [3.8, 4) is 0 Å². The van der Waals surface area contributed by atoms with E-state index in [1.54, 1.807) is 10.4 Å². The second-order valence-corrected chi connectivity index (χ2v) is 5.12. The molecule has 2 rings (SSSR count). The van der Waals surface area contributed by atoms with Crippen LogP contribution in [0.1, 0.15) is 19.8 Å². The van der Waals surface area contributed by atoms with E-state index in [1.807, 2.05) is 6.92 Å². The van der Waals surface area contributed by atoms with Gasteiger partial charge in [-0.25, -0.2) is 8.42 Å². The van der Waals surface area contributed by atoms with Crippen molar-refractivity contribution < 1.29 is 8.42 Å². The molecule has 0 aromatic carbocycles. The van der Waals surface area contributed by atoms with Gasteiger partial charge >= 0.3 is 0 Å². The van der Waals surface area contributed by atoms with Gasteiger partial charge in [0.2, 0.25) is 10.0 Å². The summed E-state index contributed by atoms with van der Waals surface area (Å²) in [6.07, 6.45) is 3.75. The van der Waals surface area contributed by atoms with E-state index in [9.17, 15) is 8.42 Å². The number of hydrogen-bond acceptors (Lipinski definition) is 2. The van der Waals surface area contributed by atoms with Crippen molar-refractivity contribution in [2.75, 3.05) is 6.54 Å². The van der Waals surface area contributed by atoms with Crippen molar-refractivity contribution >= 4 is 10.0 Å². The minimum atomic E-state index is -3.03. The maximum atomic E-state index is 11.3. The number of rotatable bonds is 0. The molecule has 0 aliphatic carbocycles. The van der Waals surface area contributed by atoms with E-state index in [0.29, 0.717) is 6.54 Å². The Bertz CT molecular complexity index is 306. The smallest absolute Gasteiger partial charge is 0.207 e. The molecule has 3 nitrogen and oxygen atoms in total. The monoisotopic (exact) mass is 173 g/mol. The summed E-state index contributed by atoms with van der Waals surface area (Å²) in [5.74, 6) is 0. The van der Waals surface area contributed by atoms with E-state index >= 15 is 0 Å². The maximum absolute atomic E-state index is 11.3. The summed E-state index contributed by atoms with van der Waals surface area (Å²) in [5.41, 5.74) is -0.196. The first-order valence-electron chi connectivity index (χ1n) is 3.77. The van der Waals surface area contributed by atoms with Crippen LogP contribution >= 0.6 is 0 Å². The molecule has 0 spiro atoms. The van der Waals surface area contributed by atoms with E-state index in [0.717, 1.165) is 12.8 Å². The molecular weight excluding hydrogens is 162 g/mol. The second-order valence-electron chi connectivity index (χ2n) is 3.38. The molecule has 1 atom stereocenters. The van der Waals surface area contributed by atoms with Gasteiger partial charge in [-0.05, 0) is 19.8 Å². The Kier molecular flexibility index (Phi) is 1.24. The molecule has 2 aliphatic rings. The third-order valence-corrected chi connectivity index (χ3v) is 4.21. The van der Waals surface area contributed by atoms with Gasteiger partial charge in [0.05, 0.1) is 5.54 Å². The molecule has 1 unspecified atom stereocenters. The normalized spacial score (nSPS) is 41.2. The molecule has 2 heterocycles. The Balaban J connectivity index is 2.49. The van der Waals surface area contributed by atoms with E-state index in [1.165, 1.54) is 5.41 Å². The van der Waals surface area contributed by atoms with Gasteiger partial charge in [-0.15, -0.1) is 0 Å². The third kappa shape index (κ3) is 0.858. The highest BCUT2D eigenvalue weighted by Gasteiger charge is 2.45. The van der Waals surface area contributed by atoms with E-state index in [-0.39, 0.29) is 5.54 Å². The van der Waals surface area contributed by atoms with Crippen molar-refractivity contribution in [2.24, 2.45) is 0 Å². The van der Waals surface area contributed by atoms with Crippen LogP contribution in [0.5, 0.6) is 0 Å². The Morgan fingerprint density at radius 2 is 2.27 bits per heavy atom. The van der Waals surface area contributed by atoms with Crippen LogP contribution in [0.2, 0.25) is 0 Å². The van der Waals surface area contributed by atoms with Crippen molar-refractivity contribution in [3.63, 3.8) is 0 Å². The summed E-state index contributed by atoms with van der Waals surface area (Å²) < 4.78 is 24.2. The summed E-state index contributed by atoms with van der Waals surface area (Å²) in [6, 6.07) is 0. The molecule has 62 valence electrons. The molecule has 0 amide bonds. The van der Waals surface area contributed by atoms with Crippen molar-refractivity contribution in [1.82, 2.24) is 4.31 Å². The van der Waals surface area contributed by atoms with Gasteiger partial charge in [-0.1, -0.05) is 6.08 Å². The second kappa shape index (κ2) is 1.87. The highest BCUT2D eigenvalue weighted by Crippen LogP contribution is 2.37. The maximum Gasteiger partial charge on any atom is 0.236 e. The Hall–Kier alpha value is -0.350. The molecule has 0 aromatic rings. The van der Waals surface area contributed by atoms with Crippen molar-refractivity contribution in [3.05, 3.63) is 11.5 Å². The highest BCUT2D eigenvalue weighted by atomic mass is 32.2. The lowest BCUT2D eigenvalue weighted by molar-refractivity contribution is 0.343. The SMILES string of the molecule is CC12C=CS(=O)(=O)N1CCC2. The fourth-order valence-electron chi connectivity index (χ4n) is 1.85. The number of sulfonamides is 1. The van der Waals surface area contributed by atoms with Gasteiger partial charge in [-0.3, -0.25) is 0 Å². The molecule has 1 fully saturated rings. The Morgan fingerprint density at radius 3 is 2.91 bits per heavy atom. The molecule has 11 heavy (non-hydrogen) atoms. The Labute approximate surface area is 66.7 Å². The van der Waals surface area contributed by atoms with Crippen molar-refractivity contribution in [1.29, 1.82) is 0 Å². The van der Waals surface area contributed by atoms with Crippen LogP contribution in [0.25, 0.3) is 0 Å².